The van der Waals surface area contributed by atoms with Gasteiger partial charge in [0.2, 0.25) is 5.78 Å². The lowest BCUT2D eigenvalue weighted by molar-refractivity contribution is 0.104. The molecule has 4 rings (SSSR count). The molecule has 160 valence electrons. The van der Waals surface area contributed by atoms with Gasteiger partial charge in [-0.2, -0.15) is 0 Å². The Balaban J connectivity index is 1.73. The molecule has 31 heavy (non-hydrogen) atoms. The number of carbonyl (C=O) groups is 1. The number of rotatable bonds is 6. The first kappa shape index (κ1) is 21.4. The standard InChI is InChI=1S/C22H19ClN2O4S2/c1-2-29-19-6-4-3-5-17(19)24-13-20-21(26)22-18(11-12-30-22)25(31(20,27)28)14-15-7-9-16(23)10-8-15/h3-13,24H,2,14H2,1H3/b20-13-. The third-order valence-electron chi connectivity index (χ3n) is 4.70. The first-order valence-electron chi connectivity index (χ1n) is 9.49. The number of carbonyl (C=O) groups excluding carboxylic acids is 1. The van der Waals surface area contributed by atoms with Crippen molar-refractivity contribution in [3.63, 3.8) is 0 Å². The van der Waals surface area contributed by atoms with E-state index < -0.39 is 15.8 Å². The van der Waals surface area contributed by atoms with Gasteiger partial charge in [-0.1, -0.05) is 35.9 Å². The van der Waals surface area contributed by atoms with Gasteiger partial charge in [0, 0.05) is 11.2 Å². The van der Waals surface area contributed by atoms with E-state index in [4.69, 9.17) is 16.3 Å². The number of allylic oxidation sites excluding steroid dienone is 1. The second kappa shape index (κ2) is 8.74. The second-order valence-electron chi connectivity index (χ2n) is 6.68. The van der Waals surface area contributed by atoms with Crippen molar-refractivity contribution in [2.75, 3.05) is 16.2 Å². The molecule has 2 aromatic carbocycles. The Bertz CT molecular complexity index is 1250. The zero-order valence-corrected chi connectivity index (χ0v) is 18.9. The smallest absolute Gasteiger partial charge is 0.270 e. The maximum absolute atomic E-state index is 13.4. The molecular formula is C22H19ClN2O4S2. The van der Waals surface area contributed by atoms with Crippen LogP contribution in [0.25, 0.3) is 0 Å². The molecular weight excluding hydrogens is 456 g/mol. The number of fused-ring (bicyclic) bond motifs is 1. The van der Waals surface area contributed by atoms with E-state index in [0.717, 1.165) is 5.56 Å². The molecule has 0 bridgehead atoms. The average molecular weight is 475 g/mol. The van der Waals surface area contributed by atoms with Gasteiger partial charge in [-0.3, -0.25) is 9.10 Å². The lowest BCUT2D eigenvalue weighted by Crippen LogP contribution is -2.38. The van der Waals surface area contributed by atoms with Gasteiger partial charge in [-0.15, -0.1) is 11.3 Å². The summed E-state index contributed by atoms with van der Waals surface area (Å²) in [7, 11) is -4.09. The summed E-state index contributed by atoms with van der Waals surface area (Å²) in [6, 6.07) is 15.7. The summed E-state index contributed by atoms with van der Waals surface area (Å²) < 4.78 is 33.7. The number of benzene rings is 2. The van der Waals surface area contributed by atoms with Crippen LogP contribution < -0.4 is 14.4 Å². The summed E-state index contributed by atoms with van der Waals surface area (Å²) >= 11 is 7.17. The lowest BCUT2D eigenvalue weighted by atomic mass is 10.2. The number of halogens is 1. The van der Waals surface area contributed by atoms with Crippen LogP contribution in [-0.4, -0.2) is 20.8 Å². The number of ketones is 1. The van der Waals surface area contributed by atoms with Crippen LogP contribution in [0, 0.1) is 0 Å². The van der Waals surface area contributed by atoms with Crippen LogP contribution in [0.1, 0.15) is 22.2 Å². The number of thiophene rings is 1. The summed E-state index contributed by atoms with van der Waals surface area (Å²) in [6.45, 7) is 2.40. The van der Waals surface area contributed by atoms with Crippen molar-refractivity contribution in [2.45, 2.75) is 13.5 Å². The van der Waals surface area contributed by atoms with Gasteiger partial charge in [0.1, 0.15) is 10.6 Å². The Morgan fingerprint density at radius 3 is 2.61 bits per heavy atom. The normalized spacial score (nSPS) is 16.3. The molecule has 0 unspecified atom stereocenters. The molecule has 6 nitrogen and oxygen atoms in total. The van der Waals surface area contributed by atoms with Gasteiger partial charge in [0.15, 0.2) is 4.91 Å². The topological polar surface area (TPSA) is 75.7 Å². The summed E-state index contributed by atoms with van der Waals surface area (Å²) in [5.74, 6) is 0.0380. The Morgan fingerprint density at radius 2 is 1.87 bits per heavy atom. The number of Topliss-reactive ketones (excluding diaryl/α,β-unsaturated/α-hetero) is 1. The molecule has 0 atom stereocenters. The van der Waals surface area contributed by atoms with Crippen LogP contribution >= 0.6 is 22.9 Å². The molecule has 2 heterocycles. The highest BCUT2D eigenvalue weighted by molar-refractivity contribution is 7.97. The first-order valence-corrected chi connectivity index (χ1v) is 12.2. The van der Waals surface area contributed by atoms with Gasteiger partial charge < -0.3 is 10.1 Å². The van der Waals surface area contributed by atoms with Crippen molar-refractivity contribution < 1.29 is 17.9 Å². The number of nitrogens with one attached hydrogen (secondary N) is 1. The largest absolute Gasteiger partial charge is 0.492 e. The molecule has 0 fully saturated rings. The second-order valence-corrected chi connectivity index (χ2v) is 9.87. The van der Waals surface area contributed by atoms with Gasteiger partial charge >= 0.3 is 0 Å². The number of hydrogen-bond donors (Lipinski definition) is 1. The number of nitrogens with zero attached hydrogens (tertiary/aromatic N) is 1. The Morgan fingerprint density at radius 1 is 1.13 bits per heavy atom. The number of sulfonamides is 1. The van der Waals surface area contributed by atoms with Crippen molar-refractivity contribution >= 4 is 50.1 Å². The predicted octanol–water partition coefficient (Wildman–Crippen LogP) is 5.29. The summed E-state index contributed by atoms with van der Waals surface area (Å²) in [5, 5.41) is 5.22. The molecule has 9 heteroatoms. The van der Waals surface area contributed by atoms with Gasteiger partial charge in [0.25, 0.3) is 10.0 Å². The highest BCUT2D eigenvalue weighted by atomic mass is 35.5. The third-order valence-corrected chi connectivity index (χ3v) is 7.62. The molecule has 0 saturated carbocycles. The highest BCUT2D eigenvalue weighted by Crippen LogP contribution is 2.39. The minimum atomic E-state index is -4.09. The third kappa shape index (κ3) is 4.19. The minimum absolute atomic E-state index is 0.0867. The van der Waals surface area contributed by atoms with E-state index in [-0.39, 0.29) is 11.4 Å². The predicted molar refractivity (Wildman–Crippen MR) is 125 cm³/mol. The maximum atomic E-state index is 13.4. The summed E-state index contributed by atoms with van der Waals surface area (Å²) in [4.78, 5) is 13.1. The number of para-hydroxylation sites is 2. The van der Waals surface area contributed by atoms with E-state index in [0.29, 0.717) is 33.6 Å². The van der Waals surface area contributed by atoms with E-state index in [9.17, 15) is 13.2 Å². The molecule has 1 aromatic heterocycles. The Kier molecular flexibility index (Phi) is 6.04. The fraction of sp³-hybridized carbons (Fsp3) is 0.136. The van der Waals surface area contributed by atoms with Crippen molar-refractivity contribution in [3.05, 3.63) is 86.5 Å². The van der Waals surface area contributed by atoms with E-state index in [1.54, 1.807) is 53.9 Å². The van der Waals surface area contributed by atoms with Crippen molar-refractivity contribution in [1.82, 2.24) is 0 Å². The lowest BCUT2D eigenvalue weighted by Gasteiger charge is -2.29. The van der Waals surface area contributed by atoms with Crippen molar-refractivity contribution in [2.24, 2.45) is 0 Å². The molecule has 3 aromatic rings. The Labute approximate surface area is 189 Å². The van der Waals surface area contributed by atoms with E-state index in [2.05, 4.69) is 5.32 Å². The number of ether oxygens (including phenoxy) is 1. The van der Waals surface area contributed by atoms with Crippen LogP contribution in [0.15, 0.2) is 71.1 Å². The monoisotopic (exact) mass is 474 g/mol. The fourth-order valence-corrected chi connectivity index (χ4v) is 5.83. The fourth-order valence-electron chi connectivity index (χ4n) is 3.22. The molecule has 0 radical (unpaired) electrons. The molecule has 0 aliphatic carbocycles. The van der Waals surface area contributed by atoms with Crippen molar-refractivity contribution in [1.29, 1.82) is 0 Å². The van der Waals surface area contributed by atoms with E-state index in [1.165, 1.54) is 21.8 Å². The molecule has 0 spiro atoms. The van der Waals surface area contributed by atoms with Crippen molar-refractivity contribution in [3.8, 4) is 5.75 Å². The summed E-state index contributed by atoms with van der Waals surface area (Å²) in [5.41, 5.74) is 1.71. The van der Waals surface area contributed by atoms with Crippen LogP contribution in [0.3, 0.4) is 0 Å². The van der Waals surface area contributed by atoms with E-state index >= 15 is 0 Å². The van der Waals surface area contributed by atoms with Crippen LogP contribution in [0.5, 0.6) is 5.75 Å². The van der Waals surface area contributed by atoms with Crippen LogP contribution in [0.2, 0.25) is 5.02 Å². The van der Waals surface area contributed by atoms with Gasteiger partial charge in [-0.25, -0.2) is 8.42 Å². The first-order chi connectivity index (χ1) is 14.9. The van der Waals surface area contributed by atoms with Crippen LogP contribution in [-0.2, 0) is 16.6 Å². The zero-order valence-electron chi connectivity index (χ0n) is 16.5. The molecule has 1 N–H and O–H groups in total. The minimum Gasteiger partial charge on any atom is -0.492 e. The molecule has 1 aliphatic heterocycles. The molecule has 1 aliphatic rings. The molecule has 0 saturated heterocycles. The maximum Gasteiger partial charge on any atom is 0.270 e. The zero-order chi connectivity index (χ0) is 22.0. The number of hydrogen-bond acceptors (Lipinski definition) is 6. The average Bonchev–Trinajstić information content (AvgIpc) is 3.23. The van der Waals surface area contributed by atoms with E-state index in [1.807, 2.05) is 13.0 Å². The van der Waals surface area contributed by atoms with Gasteiger partial charge in [-0.05, 0) is 48.2 Å². The molecule has 0 amide bonds. The van der Waals surface area contributed by atoms with Gasteiger partial charge in [0.05, 0.1) is 24.5 Å². The number of anilines is 2. The SMILES string of the molecule is CCOc1ccccc1N/C=C1/C(=O)c2sccc2N(Cc2ccc(Cl)cc2)S1(=O)=O. The quantitative estimate of drug-likeness (QED) is 0.491. The van der Waals surface area contributed by atoms with Crippen LogP contribution in [0.4, 0.5) is 11.4 Å². The summed E-state index contributed by atoms with van der Waals surface area (Å²) in [6.07, 6.45) is 1.24. The Hall–Kier alpha value is -2.81. The highest BCUT2D eigenvalue weighted by Gasteiger charge is 2.41.